The molecule has 3 nitrogen and oxygen atoms in total. The first-order chi connectivity index (χ1) is 9.29. The van der Waals surface area contributed by atoms with Gasteiger partial charge in [-0.05, 0) is 55.3 Å². The van der Waals surface area contributed by atoms with Crippen molar-refractivity contribution < 1.29 is 12.8 Å². The van der Waals surface area contributed by atoms with Crippen LogP contribution in [0.2, 0.25) is 5.02 Å². The highest BCUT2D eigenvalue weighted by Gasteiger charge is 2.16. The standard InChI is InChI=1S/C14H13ClFNO2S/c1-9-3-4-11(7-10(9)2)17-20(18,19)12-5-6-14(16)13(15)8-12/h3-8,17H,1-2H3. The molecule has 0 radical (unpaired) electrons. The van der Waals surface area contributed by atoms with Crippen LogP contribution in [0.4, 0.5) is 10.1 Å². The van der Waals surface area contributed by atoms with Crippen LogP contribution in [-0.2, 0) is 10.0 Å². The maximum atomic E-state index is 13.1. The van der Waals surface area contributed by atoms with Crippen LogP contribution >= 0.6 is 11.6 Å². The average Bonchev–Trinajstić information content (AvgIpc) is 2.37. The Morgan fingerprint density at radius 2 is 1.75 bits per heavy atom. The monoisotopic (exact) mass is 313 g/mol. The summed E-state index contributed by atoms with van der Waals surface area (Å²) in [4.78, 5) is -0.0814. The van der Waals surface area contributed by atoms with E-state index < -0.39 is 15.8 Å². The van der Waals surface area contributed by atoms with Gasteiger partial charge in [-0.1, -0.05) is 17.7 Å². The fourth-order valence-corrected chi connectivity index (χ4v) is 2.98. The SMILES string of the molecule is Cc1ccc(NS(=O)(=O)c2ccc(F)c(Cl)c2)cc1C. The van der Waals surface area contributed by atoms with Crippen molar-refractivity contribution in [3.63, 3.8) is 0 Å². The summed E-state index contributed by atoms with van der Waals surface area (Å²) in [6.45, 7) is 3.83. The lowest BCUT2D eigenvalue weighted by molar-refractivity contribution is 0.599. The van der Waals surface area contributed by atoms with Crippen molar-refractivity contribution in [3.05, 3.63) is 58.4 Å². The van der Waals surface area contributed by atoms with Gasteiger partial charge in [0.15, 0.2) is 0 Å². The van der Waals surface area contributed by atoms with Gasteiger partial charge in [-0.3, -0.25) is 4.72 Å². The van der Waals surface area contributed by atoms with Gasteiger partial charge in [-0.25, -0.2) is 12.8 Å². The molecule has 0 heterocycles. The molecule has 0 bridgehead atoms. The number of anilines is 1. The Morgan fingerprint density at radius 1 is 1.05 bits per heavy atom. The van der Waals surface area contributed by atoms with Crippen LogP contribution in [0.3, 0.4) is 0 Å². The van der Waals surface area contributed by atoms with E-state index in [2.05, 4.69) is 4.72 Å². The van der Waals surface area contributed by atoms with E-state index in [9.17, 15) is 12.8 Å². The number of sulfonamides is 1. The molecule has 2 aromatic rings. The molecule has 0 aromatic heterocycles. The van der Waals surface area contributed by atoms with Gasteiger partial charge in [0, 0.05) is 5.69 Å². The average molecular weight is 314 g/mol. The third kappa shape index (κ3) is 3.11. The van der Waals surface area contributed by atoms with Crippen LogP contribution in [0.15, 0.2) is 41.3 Å². The summed E-state index contributed by atoms with van der Waals surface area (Å²) < 4.78 is 39.8. The Labute approximate surface area is 122 Å². The predicted octanol–water partition coefficient (Wildman–Crippen LogP) is 3.90. The molecule has 0 atom stereocenters. The highest BCUT2D eigenvalue weighted by atomic mass is 35.5. The van der Waals surface area contributed by atoms with Crippen LogP contribution in [0, 0.1) is 19.7 Å². The lowest BCUT2D eigenvalue weighted by Crippen LogP contribution is -2.13. The molecular weight excluding hydrogens is 301 g/mol. The number of aryl methyl sites for hydroxylation is 2. The summed E-state index contributed by atoms with van der Waals surface area (Å²) in [6.07, 6.45) is 0. The first-order valence-electron chi connectivity index (χ1n) is 5.85. The zero-order valence-corrected chi connectivity index (χ0v) is 12.5. The zero-order valence-electron chi connectivity index (χ0n) is 10.9. The molecule has 0 saturated heterocycles. The molecular formula is C14H13ClFNO2S. The Bertz CT molecular complexity index is 760. The third-order valence-corrected chi connectivity index (χ3v) is 4.63. The minimum atomic E-state index is -3.78. The number of hydrogen-bond acceptors (Lipinski definition) is 2. The van der Waals surface area contributed by atoms with Gasteiger partial charge in [-0.15, -0.1) is 0 Å². The van der Waals surface area contributed by atoms with Crippen molar-refractivity contribution in [3.8, 4) is 0 Å². The van der Waals surface area contributed by atoms with Gasteiger partial charge in [0.2, 0.25) is 0 Å². The minimum absolute atomic E-state index is 0.0814. The van der Waals surface area contributed by atoms with E-state index in [4.69, 9.17) is 11.6 Å². The lowest BCUT2D eigenvalue weighted by Gasteiger charge is -2.10. The Balaban J connectivity index is 2.35. The first-order valence-corrected chi connectivity index (χ1v) is 7.71. The maximum Gasteiger partial charge on any atom is 0.261 e. The molecule has 0 aliphatic carbocycles. The number of hydrogen-bond donors (Lipinski definition) is 1. The largest absolute Gasteiger partial charge is 0.280 e. The molecule has 0 aliphatic rings. The highest BCUT2D eigenvalue weighted by molar-refractivity contribution is 7.92. The molecule has 20 heavy (non-hydrogen) atoms. The second kappa shape index (κ2) is 5.42. The Morgan fingerprint density at radius 3 is 2.35 bits per heavy atom. The van der Waals surface area contributed by atoms with Crippen molar-refractivity contribution in [1.29, 1.82) is 0 Å². The van der Waals surface area contributed by atoms with Crippen molar-refractivity contribution >= 4 is 27.3 Å². The van der Waals surface area contributed by atoms with E-state index in [1.54, 1.807) is 12.1 Å². The van der Waals surface area contributed by atoms with E-state index in [1.165, 1.54) is 6.07 Å². The smallest absolute Gasteiger partial charge is 0.261 e. The number of halogens is 2. The third-order valence-electron chi connectivity index (χ3n) is 2.96. The summed E-state index contributed by atoms with van der Waals surface area (Å²) in [5, 5.41) is -0.229. The van der Waals surface area contributed by atoms with Crippen LogP contribution in [0.5, 0.6) is 0 Å². The van der Waals surface area contributed by atoms with Crippen molar-refractivity contribution in [2.24, 2.45) is 0 Å². The minimum Gasteiger partial charge on any atom is -0.280 e. The van der Waals surface area contributed by atoms with Crippen LogP contribution in [-0.4, -0.2) is 8.42 Å². The van der Waals surface area contributed by atoms with Crippen molar-refractivity contribution in [2.45, 2.75) is 18.7 Å². The summed E-state index contributed by atoms with van der Waals surface area (Å²) in [5.74, 6) is -0.656. The number of nitrogens with one attached hydrogen (secondary N) is 1. The van der Waals surface area contributed by atoms with Crippen LogP contribution in [0.25, 0.3) is 0 Å². The fraction of sp³-hybridized carbons (Fsp3) is 0.143. The lowest BCUT2D eigenvalue weighted by atomic mass is 10.1. The normalized spacial score (nSPS) is 11.4. The topological polar surface area (TPSA) is 46.2 Å². The second-order valence-electron chi connectivity index (χ2n) is 4.48. The van der Waals surface area contributed by atoms with E-state index in [0.717, 1.165) is 23.3 Å². The molecule has 106 valence electrons. The summed E-state index contributed by atoms with van der Waals surface area (Å²) in [5.41, 5.74) is 2.49. The molecule has 1 N–H and O–H groups in total. The maximum absolute atomic E-state index is 13.1. The van der Waals surface area contributed by atoms with Gasteiger partial charge in [-0.2, -0.15) is 0 Å². The van der Waals surface area contributed by atoms with Crippen molar-refractivity contribution in [1.82, 2.24) is 0 Å². The van der Waals surface area contributed by atoms with E-state index in [1.807, 2.05) is 19.9 Å². The molecule has 0 aliphatic heterocycles. The van der Waals surface area contributed by atoms with Gasteiger partial charge in [0.1, 0.15) is 5.82 Å². The predicted molar refractivity (Wildman–Crippen MR) is 78.1 cm³/mol. The Kier molecular flexibility index (Phi) is 4.01. The molecule has 6 heteroatoms. The second-order valence-corrected chi connectivity index (χ2v) is 6.57. The van der Waals surface area contributed by atoms with Gasteiger partial charge in [0.25, 0.3) is 10.0 Å². The quantitative estimate of drug-likeness (QED) is 0.934. The van der Waals surface area contributed by atoms with E-state index >= 15 is 0 Å². The van der Waals surface area contributed by atoms with Gasteiger partial charge < -0.3 is 0 Å². The molecule has 0 unspecified atom stereocenters. The van der Waals surface area contributed by atoms with E-state index in [0.29, 0.717) is 5.69 Å². The highest BCUT2D eigenvalue weighted by Crippen LogP contribution is 2.22. The van der Waals surface area contributed by atoms with Gasteiger partial charge in [0.05, 0.1) is 9.92 Å². The molecule has 0 amide bonds. The van der Waals surface area contributed by atoms with Crippen molar-refractivity contribution in [2.75, 3.05) is 4.72 Å². The number of rotatable bonds is 3. The van der Waals surface area contributed by atoms with Gasteiger partial charge >= 0.3 is 0 Å². The molecule has 0 fully saturated rings. The fourth-order valence-electron chi connectivity index (χ4n) is 1.66. The Hall–Kier alpha value is -1.59. The van der Waals surface area contributed by atoms with Crippen LogP contribution in [0.1, 0.15) is 11.1 Å². The molecule has 2 rings (SSSR count). The molecule has 0 spiro atoms. The zero-order chi connectivity index (χ0) is 14.9. The summed E-state index contributed by atoms with van der Waals surface area (Å²) in [7, 11) is -3.78. The molecule has 2 aromatic carbocycles. The first kappa shape index (κ1) is 14.8. The number of benzene rings is 2. The van der Waals surface area contributed by atoms with E-state index in [-0.39, 0.29) is 9.92 Å². The van der Waals surface area contributed by atoms with Crippen LogP contribution < -0.4 is 4.72 Å². The summed E-state index contributed by atoms with van der Waals surface area (Å²) in [6, 6.07) is 8.51. The summed E-state index contributed by atoms with van der Waals surface area (Å²) >= 11 is 5.60. The molecule has 0 saturated carbocycles.